The van der Waals surface area contributed by atoms with Gasteiger partial charge < -0.3 is 9.47 Å². The lowest BCUT2D eigenvalue weighted by atomic mass is 10.1. The topological polar surface area (TPSA) is 129 Å². The van der Waals surface area contributed by atoms with Gasteiger partial charge in [0.15, 0.2) is 32.3 Å². The van der Waals surface area contributed by atoms with Crippen molar-refractivity contribution in [2.45, 2.75) is 44.4 Å². The van der Waals surface area contributed by atoms with Gasteiger partial charge in [0.25, 0.3) is 0 Å². The van der Waals surface area contributed by atoms with Gasteiger partial charge >= 0.3 is 6.09 Å². The van der Waals surface area contributed by atoms with Crippen LogP contribution in [0.15, 0.2) is 36.0 Å². The van der Waals surface area contributed by atoms with Crippen molar-refractivity contribution in [3.05, 3.63) is 31.0 Å². The van der Waals surface area contributed by atoms with Crippen LogP contribution >= 0.6 is 0 Å². The Morgan fingerprint density at radius 2 is 2.00 bits per heavy atom. The maximum atomic E-state index is 12.6. The number of carbonyl (C=O) groups excluding carboxylic acids is 1. The number of nitrogens with zero attached hydrogens (tertiary/aromatic N) is 6. The van der Waals surface area contributed by atoms with Gasteiger partial charge in [-0.15, -0.1) is 0 Å². The molecule has 0 spiro atoms. The lowest BCUT2D eigenvalue weighted by Gasteiger charge is -2.34. The summed E-state index contributed by atoms with van der Waals surface area (Å²) in [6.07, 6.45) is 6.97. The second-order valence-electron chi connectivity index (χ2n) is 8.32. The molecular weight excluding hydrogens is 448 g/mol. The van der Waals surface area contributed by atoms with Crippen molar-refractivity contribution in [3.8, 4) is 11.6 Å². The number of carbonyl (C=O) groups is 1. The highest BCUT2D eigenvalue weighted by atomic mass is 32.2. The Bertz CT molecular complexity index is 1240. The third kappa shape index (κ3) is 5.05. The Balaban J connectivity index is 1.59. The molecular formula is C21H26N6O5S. The summed E-state index contributed by atoms with van der Waals surface area (Å²) < 4.78 is 36.5. The van der Waals surface area contributed by atoms with E-state index in [2.05, 4.69) is 19.9 Å². The van der Waals surface area contributed by atoms with Crippen LogP contribution in [0.4, 0.5) is 4.79 Å². The van der Waals surface area contributed by atoms with Crippen LogP contribution in [0.5, 0.6) is 5.88 Å². The molecule has 3 aromatic rings. The van der Waals surface area contributed by atoms with E-state index in [0.717, 1.165) is 19.1 Å². The van der Waals surface area contributed by atoms with Crippen molar-refractivity contribution in [1.29, 1.82) is 0 Å². The molecule has 3 aromatic heterocycles. The summed E-state index contributed by atoms with van der Waals surface area (Å²) in [6, 6.07) is 3.05. The average Bonchev–Trinajstić information content (AvgIpc) is 3.22. The quantitative estimate of drug-likeness (QED) is 0.529. The maximum Gasteiger partial charge on any atom is 0.412 e. The van der Waals surface area contributed by atoms with Gasteiger partial charge in [-0.05, 0) is 30.9 Å². The first-order valence-electron chi connectivity index (χ1n) is 10.7. The Hall–Kier alpha value is -3.28. The van der Waals surface area contributed by atoms with E-state index < -0.39 is 22.2 Å². The molecule has 1 aliphatic heterocycles. The molecule has 11 nitrogen and oxygen atoms in total. The van der Waals surface area contributed by atoms with Gasteiger partial charge in [-0.1, -0.05) is 13.8 Å². The summed E-state index contributed by atoms with van der Waals surface area (Å²) in [5.41, 5.74) is 1.48. The fourth-order valence-corrected chi connectivity index (χ4v) is 4.06. The van der Waals surface area contributed by atoms with Crippen molar-refractivity contribution < 1.29 is 22.7 Å². The SMILES string of the molecule is CC(C)COC(=O)N1CCCCC1Oc1ncnc2c1ncn2-c1ccc(S(C)(=O)=O)nc1. The third-order valence-corrected chi connectivity index (χ3v) is 6.15. The molecule has 4 heterocycles. The summed E-state index contributed by atoms with van der Waals surface area (Å²) in [6.45, 7) is 4.85. The van der Waals surface area contributed by atoms with Gasteiger partial charge in [0.1, 0.15) is 12.7 Å². The van der Waals surface area contributed by atoms with Crippen molar-refractivity contribution >= 4 is 27.1 Å². The van der Waals surface area contributed by atoms with Gasteiger partial charge in [0, 0.05) is 19.2 Å². The van der Waals surface area contributed by atoms with Crippen LogP contribution in [-0.4, -0.2) is 69.5 Å². The fraction of sp³-hybridized carbons (Fsp3) is 0.476. The number of sulfone groups is 1. The lowest BCUT2D eigenvalue weighted by molar-refractivity contribution is -0.0103. The van der Waals surface area contributed by atoms with E-state index in [-0.39, 0.29) is 16.8 Å². The van der Waals surface area contributed by atoms with Gasteiger partial charge in [0.2, 0.25) is 5.88 Å². The molecule has 0 aromatic carbocycles. The molecule has 33 heavy (non-hydrogen) atoms. The molecule has 1 amide bonds. The second-order valence-corrected chi connectivity index (χ2v) is 10.3. The van der Waals surface area contributed by atoms with Gasteiger partial charge in [-0.3, -0.25) is 9.47 Å². The molecule has 176 valence electrons. The first-order valence-corrected chi connectivity index (χ1v) is 12.6. The largest absolute Gasteiger partial charge is 0.452 e. The molecule has 0 N–H and O–H groups in total. The van der Waals surface area contributed by atoms with Crippen molar-refractivity contribution in [1.82, 2.24) is 29.4 Å². The summed E-state index contributed by atoms with van der Waals surface area (Å²) in [5.74, 6) is 0.498. The highest BCUT2D eigenvalue weighted by Crippen LogP contribution is 2.27. The van der Waals surface area contributed by atoms with Crippen LogP contribution in [0.3, 0.4) is 0 Å². The number of rotatable bonds is 6. The Morgan fingerprint density at radius 3 is 2.70 bits per heavy atom. The second kappa shape index (κ2) is 9.30. The highest BCUT2D eigenvalue weighted by molar-refractivity contribution is 7.90. The predicted octanol–water partition coefficient (Wildman–Crippen LogP) is 2.60. The molecule has 1 saturated heterocycles. The maximum absolute atomic E-state index is 12.6. The van der Waals surface area contributed by atoms with Crippen LogP contribution in [0, 0.1) is 5.92 Å². The van der Waals surface area contributed by atoms with Crippen LogP contribution in [-0.2, 0) is 14.6 Å². The summed E-state index contributed by atoms with van der Waals surface area (Å²) in [4.78, 5) is 31.1. The molecule has 1 atom stereocenters. The zero-order valence-corrected chi connectivity index (χ0v) is 19.5. The van der Waals surface area contributed by atoms with Gasteiger partial charge in [0.05, 0.1) is 18.5 Å². The van der Waals surface area contributed by atoms with Crippen LogP contribution in [0.1, 0.15) is 33.1 Å². The van der Waals surface area contributed by atoms with E-state index in [1.54, 1.807) is 21.9 Å². The molecule has 0 saturated carbocycles. The summed E-state index contributed by atoms with van der Waals surface area (Å²) in [5, 5.41) is -0.0175. The Kier molecular flexibility index (Phi) is 6.45. The molecule has 0 bridgehead atoms. The standard InChI is InChI=1S/C21H26N6O5S/c1-14(2)11-31-21(28)26-9-5-4-6-17(26)32-20-18-19(23-12-24-20)27(13-25-18)15-7-8-16(22-10-15)33(3,29)30/h7-8,10,12-14,17H,4-6,9,11H2,1-3H3. The molecule has 0 radical (unpaired) electrons. The summed E-state index contributed by atoms with van der Waals surface area (Å²) in [7, 11) is -3.40. The number of hydrogen-bond acceptors (Lipinski definition) is 9. The number of aromatic nitrogens is 5. The Labute approximate surface area is 191 Å². The van der Waals surface area contributed by atoms with E-state index >= 15 is 0 Å². The molecule has 0 aliphatic carbocycles. The van der Waals surface area contributed by atoms with Crippen LogP contribution in [0.25, 0.3) is 16.9 Å². The van der Waals surface area contributed by atoms with Gasteiger partial charge in [-0.25, -0.2) is 28.2 Å². The minimum Gasteiger partial charge on any atom is -0.452 e. The molecule has 4 rings (SSSR count). The smallest absolute Gasteiger partial charge is 0.412 e. The number of ether oxygens (including phenoxy) is 2. The van der Waals surface area contributed by atoms with Crippen molar-refractivity contribution in [3.63, 3.8) is 0 Å². The predicted molar refractivity (Wildman–Crippen MR) is 119 cm³/mol. The number of imidazole rings is 1. The molecule has 12 heteroatoms. The molecule has 1 unspecified atom stereocenters. The van der Waals surface area contributed by atoms with E-state index in [1.165, 1.54) is 18.6 Å². The number of amides is 1. The summed E-state index contributed by atoms with van der Waals surface area (Å²) >= 11 is 0. The fourth-order valence-electron chi connectivity index (χ4n) is 3.50. The van der Waals surface area contributed by atoms with Crippen LogP contribution in [0.2, 0.25) is 0 Å². The van der Waals surface area contributed by atoms with Crippen molar-refractivity contribution in [2.75, 3.05) is 19.4 Å². The number of piperidine rings is 1. The number of pyridine rings is 1. The zero-order valence-electron chi connectivity index (χ0n) is 18.7. The lowest BCUT2D eigenvalue weighted by Crippen LogP contribution is -2.47. The average molecular weight is 475 g/mol. The van der Waals surface area contributed by atoms with E-state index in [0.29, 0.717) is 36.4 Å². The zero-order chi connectivity index (χ0) is 23.6. The number of fused-ring (bicyclic) bond motifs is 1. The minimum absolute atomic E-state index is 0.0175. The van der Waals surface area contributed by atoms with E-state index in [1.807, 2.05) is 13.8 Å². The third-order valence-electron chi connectivity index (χ3n) is 5.15. The minimum atomic E-state index is -3.40. The number of hydrogen-bond donors (Lipinski definition) is 0. The molecule has 1 fully saturated rings. The van der Waals surface area contributed by atoms with Crippen molar-refractivity contribution in [2.24, 2.45) is 5.92 Å². The normalized spacial score (nSPS) is 16.8. The Morgan fingerprint density at radius 1 is 1.18 bits per heavy atom. The van der Waals surface area contributed by atoms with E-state index in [4.69, 9.17) is 9.47 Å². The molecule has 1 aliphatic rings. The van der Waals surface area contributed by atoms with Crippen LogP contribution < -0.4 is 4.74 Å². The first kappa shape index (κ1) is 22.9. The van der Waals surface area contributed by atoms with E-state index in [9.17, 15) is 13.2 Å². The monoisotopic (exact) mass is 474 g/mol. The number of likely N-dealkylation sites (tertiary alicyclic amines) is 1. The van der Waals surface area contributed by atoms with Gasteiger partial charge in [-0.2, -0.15) is 4.98 Å². The first-order chi connectivity index (χ1) is 15.7. The highest BCUT2D eigenvalue weighted by Gasteiger charge is 2.31.